The zero-order valence-corrected chi connectivity index (χ0v) is 12.7. The van der Waals surface area contributed by atoms with Crippen molar-refractivity contribution in [3.05, 3.63) is 22.7 Å². The first kappa shape index (κ1) is 16.1. The Bertz CT molecular complexity index is 416. The van der Waals surface area contributed by atoms with Crippen molar-refractivity contribution in [3.63, 3.8) is 0 Å². The molecule has 0 heterocycles. The summed E-state index contributed by atoms with van der Waals surface area (Å²) in [5.74, 6) is 1.11. The first-order valence-electron chi connectivity index (χ1n) is 6.20. The van der Waals surface area contributed by atoms with Gasteiger partial charge in [0, 0.05) is 6.54 Å². The van der Waals surface area contributed by atoms with E-state index in [-0.39, 0.29) is 5.60 Å². The summed E-state index contributed by atoms with van der Waals surface area (Å²) >= 11 is 6.16. The maximum atomic E-state index is 6.16. The Morgan fingerprint density at radius 2 is 1.89 bits per heavy atom. The van der Waals surface area contributed by atoms with Gasteiger partial charge in [-0.3, -0.25) is 0 Å². The van der Waals surface area contributed by atoms with E-state index in [0.717, 1.165) is 5.56 Å². The van der Waals surface area contributed by atoms with Gasteiger partial charge in [-0.1, -0.05) is 11.6 Å². The summed E-state index contributed by atoms with van der Waals surface area (Å²) in [6, 6.07) is 3.61. The van der Waals surface area contributed by atoms with Gasteiger partial charge in [0.05, 0.1) is 24.3 Å². The fourth-order valence-electron chi connectivity index (χ4n) is 1.52. The standard InChI is InChI=1S/C14H22ClNO3/c1-14(2,3)19-6-5-18-13-11(15)7-10(9-16)8-12(13)17-4/h7-8H,5-6,9,16H2,1-4H3. The molecule has 1 aromatic rings. The van der Waals surface area contributed by atoms with Crippen LogP contribution in [0.4, 0.5) is 0 Å². The lowest BCUT2D eigenvalue weighted by molar-refractivity contribution is -0.0165. The third-order valence-electron chi connectivity index (χ3n) is 2.39. The van der Waals surface area contributed by atoms with E-state index < -0.39 is 0 Å². The van der Waals surface area contributed by atoms with Crippen LogP contribution in [0.2, 0.25) is 5.02 Å². The predicted molar refractivity (Wildman–Crippen MR) is 77.1 cm³/mol. The lowest BCUT2D eigenvalue weighted by atomic mass is 10.2. The summed E-state index contributed by atoms with van der Waals surface area (Å²) in [7, 11) is 1.57. The van der Waals surface area contributed by atoms with Crippen molar-refractivity contribution >= 4 is 11.6 Å². The highest BCUT2D eigenvalue weighted by atomic mass is 35.5. The van der Waals surface area contributed by atoms with Crippen LogP contribution in [0.15, 0.2) is 12.1 Å². The van der Waals surface area contributed by atoms with Gasteiger partial charge in [-0.05, 0) is 38.5 Å². The van der Waals surface area contributed by atoms with Gasteiger partial charge in [0.2, 0.25) is 0 Å². The van der Waals surface area contributed by atoms with E-state index in [2.05, 4.69) is 0 Å². The van der Waals surface area contributed by atoms with Crippen molar-refractivity contribution < 1.29 is 14.2 Å². The average molecular weight is 288 g/mol. The van der Waals surface area contributed by atoms with Gasteiger partial charge in [-0.25, -0.2) is 0 Å². The molecule has 1 rings (SSSR count). The molecule has 0 bridgehead atoms. The SMILES string of the molecule is COc1cc(CN)cc(Cl)c1OCCOC(C)(C)C. The number of ether oxygens (including phenoxy) is 3. The molecule has 0 atom stereocenters. The monoisotopic (exact) mass is 287 g/mol. The number of benzene rings is 1. The van der Waals surface area contributed by atoms with Crippen LogP contribution in [0.5, 0.6) is 11.5 Å². The van der Waals surface area contributed by atoms with Crippen molar-refractivity contribution in [1.82, 2.24) is 0 Å². The van der Waals surface area contributed by atoms with Crippen LogP contribution in [0.3, 0.4) is 0 Å². The Kier molecular flexibility index (Phi) is 5.91. The van der Waals surface area contributed by atoms with E-state index in [9.17, 15) is 0 Å². The topological polar surface area (TPSA) is 53.7 Å². The molecule has 0 aliphatic rings. The highest BCUT2D eigenvalue weighted by molar-refractivity contribution is 6.32. The van der Waals surface area contributed by atoms with Crippen LogP contribution < -0.4 is 15.2 Å². The molecular formula is C14H22ClNO3. The number of methoxy groups -OCH3 is 1. The van der Waals surface area contributed by atoms with Gasteiger partial charge in [0.15, 0.2) is 11.5 Å². The van der Waals surface area contributed by atoms with E-state index in [1.807, 2.05) is 26.8 Å². The number of hydrogen-bond donors (Lipinski definition) is 1. The van der Waals surface area contributed by atoms with Crippen molar-refractivity contribution in [2.24, 2.45) is 5.73 Å². The molecular weight excluding hydrogens is 266 g/mol. The normalized spacial score (nSPS) is 11.5. The van der Waals surface area contributed by atoms with Gasteiger partial charge >= 0.3 is 0 Å². The summed E-state index contributed by atoms with van der Waals surface area (Å²) in [6.45, 7) is 7.30. The Morgan fingerprint density at radius 1 is 1.21 bits per heavy atom. The Morgan fingerprint density at radius 3 is 2.42 bits per heavy atom. The smallest absolute Gasteiger partial charge is 0.179 e. The molecule has 0 saturated carbocycles. The van der Waals surface area contributed by atoms with Crippen molar-refractivity contribution in [1.29, 1.82) is 0 Å². The molecule has 0 radical (unpaired) electrons. The molecule has 0 saturated heterocycles. The molecule has 4 nitrogen and oxygen atoms in total. The van der Waals surface area contributed by atoms with Gasteiger partial charge < -0.3 is 19.9 Å². The molecule has 0 fully saturated rings. The molecule has 0 amide bonds. The van der Waals surface area contributed by atoms with Gasteiger partial charge in [0.1, 0.15) is 6.61 Å². The van der Waals surface area contributed by atoms with Crippen molar-refractivity contribution in [3.8, 4) is 11.5 Å². The molecule has 2 N–H and O–H groups in total. The highest BCUT2D eigenvalue weighted by Gasteiger charge is 2.13. The Balaban J connectivity index is 2.67. The summed E-state index contributed by atoms with van der Waals surface area (Å²) in [5.41, 5.74) is 6.31. The minimum Gasteiger partial charge on any atom is -0.493 e. The molecule has 0 unspecified atom stereocenters. The van der Waals surface area contributed by atoms with E-state index >= 15 is 0 Å². The summed E-state index contributed by atoms with van der Waals surface area (Å²) < 4.78 is 16.5. The number of halogens is 1. The minimum atomic E-state index is -0.180. The van der Waals surface area contributed by atoms with E-state index in [1.165, 1.54) is 0 Å². The number of rotatable bonds is 6. The molecule has 1 aromatic carbocycles. The van der Waals surface area contributed by atoms with Crippen LogP contribution in [0.1, 0.15) is 26.3 Å². The molecule has 0 aliphatic heterocycles. The molecule has 0 aliphatic carbocycles. The van der Waals surface area contributed by atoms with Crippen molar-refractivity contribution in [2.75, 3.05) is 20.3 Å². The highest BCUT2D eigenvalue weighted by Crippen LogP contribution is 2.36. The lowest BCUT2D eigenvalue weighted by Gasteiger charge is -2.20. The van der Waals surface area contributed by atoms with Crippen LogP contribution in [0.25, 0.3) is 0 Å². The zero-order valence-electron chi connectivity index (χ0n) is 12.0. The van der Waals surface area contributed by atoms with Crippen LogP contribution >= 0.6 is 11.6 Å². The van der Waals surface area contributed by atoms with Crippen molar-refractivity contribution in [2.45, 2.75) is 32.9 Å². The van der Waals surface area contributed by atoms with Crippen LogP contribution in [0, 0.1) is 0 Å². The van der Waals surface area contributed by atoms with E-state index in [1.54, 1.807) is 13.2 Å². The van der Waals surface area contributed by atoms with E-state index in [0.29, 0.717) is 36.3 Å². The second-order valence-corrected chi connectivity index (χ2v) is 5.53. The predicted octanol–water partition coefficient (Wildman–Crippen LogP) is 3.00. The number of nitrogens with two attached hydrogens (primary N) is 1. The molecule has 19 heavy (non-hydrogen) atoms. The van der Waals surface area contributed by atoms with Gasteiger partial charge in [0.25, 0.3) is 0 Å². The lowest BCUT2D eigenvalue weighted by Crippen LogP contribution is -2.22. The van der Waals surface area contributed by atoms with Gasteiger partial charge in [-0.2, -0.15) is 0 Å². The molecule has 108 valence electrons. The zero-order chi connectivity index (χ0) is 14.5. The summed E-state index contributed by atoms with van der Waals surface area (Å²) in [6.07, 6.45) is 0. The first-order chi connectivity index (χ1) is 8.87. The second-order valence-electron chi connectivity index (χ2n) is 5.12. The summed E-state index contributed by atoms with van der Waals surface area (Å²) in [5, 5.41) is 0.496. The van der Waals surface area contributed by atoms with Gasteiger partial charge in [-0.15, -0.1) is 0 Å². The Hall–Kier alpha value is -0.970. The molecule has 0 spiro atoms. The third-order valence-corrected chi connectivity index (χ3v) is 2.67. The number of hydrogen-bond acceptors (Lipinski definition) is 4. The molecule has 0 aromatic heterocycles. The third kappa shape index (κ3) is 5.27. The molecule has 5 heteroatoms. The largest absolute Gasteiger partial charge is 0.493 e. The first-order valence-corrected chi connectivity index (χ1v) is 6.58. The second kappa shape index (κ2) is 6.98. The minimum absolute atomic E-state index is 0.180. The average Bonchev–Trinajstić information content (AvgIpc) is 2.34. The van der Waals surface area contributed by atoms with Crippen LogP contribution in [-0.4, -0.2) is 25.9 Å². The van der Waals surface area contributed by atoms with E-state index in [4.69, 9.17) is 31.5 Å². The summed E-state index contributed by atoms with van der Waals surface area (Å²) in [4.78, 5) is 0. The quantitative estimate of drug-likeness (QED) is 0.817. The Labute approximate surface area is 119 Å². The maximum Gasteiger partial charge on any atom is 0.179 e. The fourth-order valence-corrected chi connectivity index (χ4v) is 1.81. The fraction of sp³-hybridized carbons (Fsp3) is 0.571. The maximum absolute atomic E-state index is 6.16. The van der Waals surface area contributed by atoms with Crippen LogP contribution in [-0.2, 0) is 11.3 Å².